The van der Waals surface area contributed by atoms with E-state index in [4.69, 9.17) is 19.9 Å². The summed E-state index contributed by atoms with van der Waals surface area (Å²) in [6.45, 7) is 1.91. The maximum Gasteiger partial charge on any atom is 0.307 e. The highest BCUT2D eigenvalue weighted by Gasteiger charge is 2.27. The van der Waals surface area contributed by atoms with Crippen molar-refractivity contribution in [1.29, 1.82) is 0 Å². The number of benzene rings is 1. The lowest BCUT2D eigenvalue weighted by Crippen LogP contribution is -2.18. The third-order valence-corrected chi connectivity index (χ3v) is 2.81. The number of carbonyl (C=O) groups excluding carboxylic acids is 1. The van der Waals surface area contributed by atoms with E-state index in [1.165, 1.54) is 12.1 Å². The van der Waals surface area contributed by atoms with Crippen molar-refractivity contribution in [3.05, 3.63) is 27.8 Å². The molecule has 1 aromatic carbocycles. The number of nitro groups is 1. The second kappa shape index (κ2) is 7.09. The molecule has 1 aliphatic rings. The molecule has 0 unspecified atom stereocenters. The Morgan fingerprint density at radius 1 is 1.48 bits per heavy atom. The molecule has 0 amide bonds. The summed E-state index contributed by atoms with van der Waals surface area (Å²) in [6.07, 6.45) is -0.145. The summed E-state index contributed by atoms with van der Waals surface area (Å²) in [4.78, 5) is 21.9. The van der Waals surface area contributed by atoms with E-state index < -0.39 is 16.9 Å². The van der Waals surface area contributed by atoms with Gasteiger partial charge in [-0.2, -0.15) is 0 Å². The van der Waals surface area contributed by atoms with Gasteiger partial charge >= 0.3 is 5.97 Å². The number of nitrogens with zero attached hydrogens (tertiary/aromatic N) is 1. The summed E-state index contributed by atoms with van der Waals surface area (Å²) in [6, 6.07) is 1.84. The van der Waals surface area contributed by atoms with E-state index in [-0.39, 0.29) is 43.5 Å². The molecule has 2 N–H and O–H groups in total. The van der Waals surface area contributed by atoms with E-state index in [1.807, 2.05) is 0 Å². The van der Waals surface area contributed by atoms with E-state index in [1.54, 1.807) is 6.92 Å². The van der Waals surface area contributed by atoms with Crippen molar-refractivity contribution in [2.45, 2.75) is 19.4 Å². The summed E-state index contributed by atoms with van der Waals surface area (Å²) >= 11 is 0. The molecular weight excluding hydrogens is 304 g/mol. The normalized spacial score (nSPS) is 13.2. The maximum absolute atomic E-state index is 11.4. The van der Waals surface area contributed by atoms with E-state index in [9.17, 15) is 14.9 Å². The van der Waals surface area contributed by atoms with Crippen molar-refractivity contribution in [2.24, 2.45) is 5.73 Å². The molecule has 1 aliphatic heterocycles. The SMILES string of the molecule is CCOC(=O)C[C@H](N)c1cc2c(cc1[N+](=O)[O-])OCO2.Cl. The Bertz CT molecular complexity index is 551. The Balaban J connectivity index is 0.00000220. The topological polar surface area (TPSA) is 114 Å². The highest BCUT2D eigenvalue weighted by molar-refractivity contribution is 5.85. The first-order valence-electron chi connectivity index (χ1n) is 6.02. The molecule has 0 saturated carbocycles. The fraction of sp³-hybridized carbons (Fsp3) is 0.417. The van der Waals surface area contributed by atoms with Gasteiger partial charge in [-0.25, -0.2) is 0 Å². The lowest BCUT2D eigenvalue weighted by atomic mass is 10.0. The number of nitro benzene ring substituents is 1. The Morgan fingerprint density at radius 3 is 2.67 bits per heavy atom. The Kier molecular flexibility index (Phi) is 5.74. The molecule has 2 rings (SSSR count). The van der Waals surface area contributed by atoms with Crippen molar-refractivity contribution >= 4 is 24.1 Å². The number of halogens is 1. The summed E-state index contributed by atoms with van der Waals surface area (Å²) < 4.78 is 15.0. The third kappa shape index (κ3) is 3.73. The standard InChI is InChI=1S/C12H14N2O6.ClH/c1-2-18-12(15)4-8(13)7-3-10-11(20-6-19-10)5-9(7)14(16)17;/h3,5,8H,2,4,6,13H2,1H3;1H/t8-;/m0./s1. The predicted octanol–water partition coefficient (Wildman–Crippen LogP) is 1.70. The number of hydrogen-bond acceptors (Lipinski definition) is 7. The number of esters is 1. The zero-order valence-corrected chi connectivity index (χ0v) is 12.1. The molecule has 9 heteroatoms. The minimum absolute atomic E-state index is 0. The minimum atomic E-state index is -0.844. The van der Waals surface area contributed by atoms with Gasteiger partial charge in [-0.05, 0) is 13.0 Å². The molecule has 0 bridgehead atoms. The van der Waals surface area contributed by atoms with Crippen LogP contribution in [0.2, 0.25) is 0 Å². The smallest absolute Gasteiger partial charge is 0.307 e. The van der Waals surface area contributed by atoms with Crippen LogP contribution in [0.3, 0.4) is 0 Å². The Labute approximate surface area is 126 Å². The average molecular weight is 319 g/mol. The van der Waals surface area contributed by atoms with Gasteiger partial charge in [0.2, 0.25) is 6.79 Å². The van der Waals surface area contributed by atoms with Crippen molar-refractivity contribution < 1.29 is 23.9 Å². The van der Waals surface area contributed by atoms with Crippen LogP contribution in [0, 0.1) is 10.1 Å². The van der Waals surface area contributed by atoms with Gasteiger partial charge in [0.05, 0.1) is 29.6 Å². The molecule has 0 aromatic heterocycles. The van der Waals surface area contributed by atoms with Crippen LogP contribution in [-0.2, 0) is 9.53 Å². The van der Waals surface area contributed by atoms with Crippen LogP contribution in [0.25, 0.3) is 0 Å². The number of nitrogens with two attached hydrogens (primary N) is 1. The first-order valence-corrected chi connectivity index (χ1v) is 6.02. The van der Waals surface area contributed by atoms with Gasteiger partial charge in [0.1, 0.15) is 0 Å². The van der Waals surface area contributed by atoms with Crippen LogP contribution in [0.1, 0.15) is 24.9 Å². The first kappa shape index (κ1) is 17.0. The molecular formula is C12H15ClN2O6. The number of carbonyl (C=O) groups is 1. The van der Waals surface area contributed by atoms with Gasteiger partial charge in [0.15, 0.2) is 11.5 Å². The van der Waals surface area contributed by atoms with Gasteiger partial charge in [0, 0.05) is 6.04 Å². The number of ether oxygens (including phenoxy) is 3. The Morgan fingerprint density at radius 2 is 2.10 bits per heavy atom. The van der Waals surface area contributed by atoms with Crippen molar-refractivity contribution in [1.82, 2.24) is 0 Å². The van der Waals surface area contributed by atoms with Crippen molar-refractivity contribution in [2.75, 3.05) is 13.4 Å². The van der Waals surface area contributed by atoms with Crippen molar-refractivity contribution in [3.8, 4) is 11.5 Å². The van der Waals surface area contributed by atoms with Crippen LogP contribution >= 0.6 is 12.4 Å². The largest absolute Gasteiger partial charge is 0.466 e. The maximum atomic E-state index is 11.4. The molecule has 0 radical (unpaired) electrons. The zero-order valence-electron chi connectivity index (χ0n) is 11.2. The molecule has 1 atom stereocenters. The van der Waals surface area contributed by atoms with E-state index in [2.05, 4.69) is 0 Å². The lowest BCUT2D eigenvalue weighted by molar-refractivity contribution is -0.385. The van der Waals surface area contributed by atoms with Crippen LogP contribution in [0.15, 0.2) is 12.1 Å². The van der Waals surface area contributed by atoms with Gasteiger partial charge in [-0.3, -0.25) is 14.9 Å². The molecule has 116 valence electrons. The number of rotatable bonds is 5. The van der Waals surface area contributed by atoms with Gasteiger partial charge in [-0.15, -0.1) is 12.4 Å². The molecule has 1 aromatic rings. The molecule has 8 nitrogen and oxygen atoms in total. The van der Waals surface area contributed by atoms with E-state index >= 15 is 0 Å². The average Bonchev–Trinajstić information content (AvgIpc) is 2.84. The number of hydrogen-bond donors (Lipinski definition) is 1. The van der Waals surface area contributed by atoms with Crippen LogP contribution in [0.5, 0.6) is 11.5 Å². The minimum Gasteiger partial charge on any atom is -0.466 e. The monoisotopic (exact) mass is 318 g/mol. The lowest BCUT2D eigenvalue weighted by Gasteiger charge is -2.12. The molecule has 0 aliphatic carbocycles. The summed E-state index contributed by atoms with van der Waals surface area (Å²) in [5.74, 6) is 0.167. The van der Waals surface area contributed by atoms with Gasteiger partial charge < -0.3 is 19.9 Å². The van der Waals surface area contributed by atoms with Crippen LogP contribution in [0.4, 0.5) is 5.69 Å². The summed E-state index contributed by atoms with van der Waals surface area (Å²) in [7, 11) is 0. The fourth-order valence-corrected chi connectivity index (χ4v) is 1.91. The van der Waals surface area contributed by atoms with Crippen molar-refractivity contribution in [3.63, 3.8) is 0 Å². The molecule has 0 fully saturated rings. The highest BCUT2D eigenvalue weighted by atomic mass is 35.5. The zero-order chi connectivity index (χ0) is 14.7. The fourth-order valence-electron chi connectivity index (χ4n) is 1.91. The Hall–Kier alpha value is -2.06. The summed E-state index contributed by atoms with van der Waals surface area (Å²) in [5, 5.41) is 11.1. The second-order valence-corrected chi connectivity index (χ2v) is 4.14. The molecule has 1 heterocycles. The molecule has 21 heavy (non-hydrogen) atoms. The molecule has 0 spiro atoms. The van der Waals surface area contributed by atoms with Gasteiger partial charge in [0.25, 0.3) is 5.69 Å². The van der Waals surface area contributed by atoms with Crippen LogP contribution < -0.4 is 15.2 Å². The predicted molar refractivity (Wildman–Crippen MR) is 74.6 cm³/mol. The first-order chi connectivity index (χ1) is 9.52. The van der Waals surface area contributed by atoms with Gasteiger partial charge in [-0.1, -0.05) is 0 Å². The van der Waals surface area contributed by atoms with E-state index in [0.717, 1.165) is 0 Å². The second-order valence-electron chi connectivity index (χ2n) is 4.14. The number of fused-ring (bicyclic) bond motifs is 1. The highest BCUT2D eigenvalue weighted by Crippen LogP contribution is 2.40. The quantitative estimate of drug-likeness (QED) is 0.499. The summed E-state index contributed by atoms with van der Waals surface area (Å²) in [5.41, 5.74) is 5.87. The van der Waals surface area contributed by atoms with E-state index in [0.29, 0.717) is 11.5 Å². The molecule has 0 saturated heterocycles. The third-order valence-electron chi connectivity index (χ3n) is 2.81. The van der Waals surface area contributed by atoms with Crippen LogP contribution in [-0.4, -0.2) is 24.3 Å².